The fourth-order valence-electron chi connectivity index (χ4n) is 1.99. The van der Waals surface area contributed by atoms with E-state index in [0.717, 1.165) is 34.6 Å². The van der Waals surface area contributed by atoms with Crippen LogP contribution in [0.15, 0.2) is 46.9 Å². The molecule has 4 heteroatoms. The summed E-state index contributed by atoms with van der Waals surface area (Å²) in [5, 5.41) is 3.33. The van der Waals surface area contributed by atoms with Crippen molar-refractivity contribution in [1.29, 1.82) is 0 Å². The molecule has 3 nitrogen and oxygen atoms in total. The van der Waals surface area contributed by atoms with Crippen LogP contribution in [0.3, 0.4) is 0 Å². The Balaban J connectivity index is 1.99. The molecular formula is C17H20BrNO2. The highest BCUT2D eigenvalue weighted by Crippen LogP contribution is 2.29. The Bertz CT molecular complexity index is 587. The number of rotatable bonds is 7. The van der Waals surface area contributed by atoms with Crippen LogP contribution in [-0.2, 0) is 13.2 Å². The zero-order valence-corrected chi connectivity index (χ0v) is 13.9. The molecule has 21 heavy (non-hydrogen) atoms. The molecule has 0 radical (unpaired) electrons. The van der Waals surface area contributed by atoms with Crippen molar-refractivity contribution in [3.8, 4) is 11.5 Å². The minimum absolute atomic E-state index is 0.547. The zero-order chi connectivity index (χ0) is 15.1. The first kappa shape index (κ1) is 15.9. The largest absolute Gasteiger partial charge is 0.497 e. The highest BCUT2D eigenvalue weighted by molar-refractivity contribution is 9.10. The lowest BCUT2D eigenvalue weighted by atomic mass is 10.1. The van der Waals surface area contributed by atoms with Gasteiger partial charge in [0.25, 0.3) is 0 Å². The predicted octanol–water partition coefficient (Wildman–Crippen LogP) is 4.15. The second kappa shape index (κ2) is 8.05. The van der Waals surface area contributed by atoms with E-state index in [4.69, 9.17) is 9.47 Å². The molecule has 0 saturated carbocycles. The maximum atomic E-state index is 5.86. The molecule has 0 bridgehead atoms. The fourth-order valence-corrected chi connectivity index (χ4v) is 2.46. The van der Waals surface area contributed by atoms with Crippen LogP contribution in [0.1, 0.15) is 18.1 Å². The number of ether oxygens (including phenoxy) is 2. The quantitative estimate of drug-likeness (QED) is 0.814. The van der Waals surface area contributed by atoms with Gasteiger partial charge >= 0.3 is 0 Å². The highest BCUT2D eigenvalue weighted by atomic mass is 79.9. The number of hydrogen-bond acceptors (Lipinski definition) is 3. The van der Waals surface area contributed by atoms with Crippen LogP contribution >= 0.6 is 15.9 Å². The van der Waals surface area contributed by atoms with Gasteiger partial charge in [-0.25, -0.2) is 0 Å². The molecule has 0 unspecified atom stereocenters. The van der Waals surface area contributed by atoms with Crippen molar-refractivity contribution in [3.05, 3.63) is 58.1 Å². The lowest BCUT2D eigenvalue weighted by molar-refractivity contribution is 0.303. The molecule has 1 N–H and O–H groups in total. The summed E-state index contributed by atoms with van der Waals surface area (Å²) in [6.45, 7) is 4.51. The molecule has 0 amide bonds. The number of nitrogens with one attached hydrogen (secondary N) is 1. The third-order valence-electron chi connectivity index (χ3n) is 3.10. The third kappa shape index (κ3) is 4.76. The first-order valence-electron chi connectivity index (χ1n) is 6.97. The second-order valence-electron chi connectivity index (χ2n) is 4.69. The summed E-state index contributed by atoms with van der Waals surface area (Å²) in [5.74, 6) is 1.62. The lowest BCUT2D eigenvalue weighted by Gasteiger charge is -2.10. The van der Waals surface area contributed by atoms with Crippen molar-refractivity contribution in [2.24, 2.45) is 0 Å². The standard InChI is InChI=1S/C17H20BrNO2/c1-3-19-11-13-5-4-6-14(9-13)12-21-17-8-7-15(20-2)10-16(17)18/h4-10,19H,3,11-12H2,1-2H3. The highest BCUT2D eigenvalue weighted by Gasteiger charge is 2.04. The maximum absolute atomic E-state index is 5.86. The van der Waals surface area contributed by atoms with Gasteiger partial charge < -0.3 is 14.8 Å². The Kier molecular flexibility index (Phi) is 6.08. The van der Waals surface area contributed by atoms with E-state index in [9.17, 15) is 0 Å². The van der Waals surface area contributed by atoms with Gasteiger partial charge in [0.2, 0.25) is 0 Å². The van der Waals surface area contributed by atoms with E-state index in [1.54, 1.807) is 7.11 Å². The number of hydrogen-bond donors (Lipinski definition) is 1. The van der Waals surface area contributed by atoms with Crippen molar-refractivity contribution < 1.29 is 9.47 Å². The molecule has 0 atom stereocenters. The van der Waals surface area contributed by atoms with Crippen molar-refractivity contribution in [3.63, 3.8) is 0 Å². The second-order valence-corrected chi connectivity index (χ2v) is 5.54. The molecule has 0 saturated heterocycles. The van der Waals surface area contributed by atoms with Crippen LogP contribution in [0, 0.1) is 0 Å². The molecule has 2 rings (SSSR count). The molecule has 0 aliphatic carbocycles. The van der Waals surface area contributed by atoms with Crippen LogP contribution in [0.4, 0.5) is 0 Å². The molecule has 0 fully saturated rings. The molecule has 2 aromatic carbocycles. The molecule has 0 aliphatic heterocycles. The van der Waals surface area contributed by atoms with Gasteiger partial charge in [-0.1, -0.05) is 31.2 Å². The van der Waals surface area contributed by atoms with Gasteiger partial charge in [-0.05, 0) is 51.8 Å². The van der Waals surface area contributed by atoms with E-state index in [2.05, 4.69) is 52.4 Å². The lowest BCUT2D eigenvalue weighted by Crippen LogP contribution is -2.11. The van der Waals surface area contributed by atoms with Crippen LogP contribution < -0.4 is 14.8 Å². The van der Waals surface area contributed by atoms with Crippen molar-refractivity contribution in [1.82, 2.24) is 5.32 Å². The van der Waals surface area contributed by atoms with Crippen molar-refractivity contribution >= 4 is 15.9 Å². The van der Waals surface area contributed by atoms with E-state index in [1.165, 1.54) is 5.56 Å². The van der Waals surface area contributed by atoms with Crippen LogP contribution in [0.2, 0.25) is 0 Å². The summed E-state index contributed by atoms with van der Waals surface area (Å²) in [6.07, 6.45) is 0. The van der Waals surface area contributed by atoms with Crippen molar-refractivity contribution in [2.75, 3.05) is 13.7 Å². The topological polar surface area (TPSA) is 30.5 Å². The van der Waals surface area contributed by atoms with E-state index in [0.29, 0.717) is 6.61 Å². The van der Waals surface area contributed by atoms with E-state index in [-0.39, 0.29) is 0 Å². The molecule has 0 heterocycles. The number of halogens is 1. The van der Waals surface area contributed by atoms with Crippen LogP contribution in [0.25, 0.3) is 0 Å². The Labute approximate surface area is 134 Å². The van der Waals surface area contributed by atoms with E-state index < -0.39 is 0 Å². The summed E-state index contributed by atoms with van der Waals surface area (Å²) < 4.78 is 11.9. The average molecular weight is 350 g/mol. The SMILES string of the molecule is CCNCc1cccc(COc2ccc(OC)cc2Br)c1. The van der Waals surface area contributed by atoms with E-state index >= 15 is 0 Å². The maximum Gasteiger partial charge on any atom is 0.134 e. The van der Waals surface area contributed by atoms with Gasteiger partial charge in [0.05, 0.1) is 11.6 Å². The van der Waals surface area contributed by atoms with E-state index in [1.807, 2.05) is 18.2 Å². The molecule has 2 aromatic rings. The third-order valence-corrected chi connectivity index (χ3v) is 3.72. The summed E-state index contributed by atoms with van der Waals surface area (Å²) in [7, 11) is 1.65. The normalized spacial score (nSPS) is 10.4. The van der Waals surface area contributed by atoms with Crippen molar-refractivity contribution in [2.45, 2.75) is 20.1 Å². The Hall–Kier alpha value is -1.52. The number of methoxy groups -OCH3 is 1. The summed E-state index contributed by atoms with van der Waals surface area (Å²) in [4.78, 5) is 0. The first-order chi connectivity index (χ1) is 10.2. The predicted molar refractivity (Wildman–Crippen MR) is 88.8 cm³/mol. The zero-order valence-electron chi connectivity index (χ0n) is 12.4. The van der Waals surface area contributed by atoms with Gasteiger partial charge in [-0.3, -0.25) is 0 Å². The molecule has 112 valence electrons. The fraction of sp³-hybridized carbons (Fsp3) is 0.294. The van der Waals surface area contributed by atoms with Gasteiger partial charge in [0, 0.05) is 6.54 Å². The molecular weight excluding hydrogens is 330 g/mol. The van der Waals surface area contributed by atoms with Crippen LogP contribution in [-0.4, -0.2) is 13.7 Å². The van der Waals surface area contributed by atoms with Gasteiger partial charge in [0.1, 0.15) is 18.1 Å². The summed E-state index contributed by atoms with van der Waals surface area (Å²) >= 11 is 3.50. The Morgan fingerprint density at radius 2 is 1.90 bits per heavy atom. The average Bonchev–Trinajstić information content (AvgIpc) is 2.52. The van der Waals surface area contributed by atoms with Gasteiger partial charge in [0.15, 0.2) is 0 Å². The summed E-state index contributed by atoms with van der Waals surface area (Å²) in [6, 6.07) is 14.1. The Morgan fingerprint density at radius 3 is 2.62 bits per heavy atom. The number of benzene rings is 2. The molecule has 0 aliphatic rings. The minimum Gasteiger partial charge on any atom is -0.497 e. The molecule has 0 spiro atoms. The van der Waals surface area contributed by atoms with Gasteiger partial charge in [-0.2, -0.15) is 0 Å². The van der Waals surface area contributed by atoms with Crippen LogP contribution in [0.5, 0.6) is 11.5 Å². The first-order valence-corrected chi connectivity index (χ1v) is 7.77. The van der Waals surface area contributed by atoms with Gasteiger partial charge in [-0.15, -0.1) is 0 Å². The minimum atomic E-state index is 0.547. The Morgan fingerprint density at radius 1 is 1.10 bits per heavy atom. The summed E-state index contributed by atoms with van der Waals surface area (Å²) in [5.41, 5.74) is 2.43. The molecule has 0 aromatic heterocycles. The monoisotopic (exact) mass is 349 g/mol. The smallest absolute Gasteiger partial charge is 0.134 e.